The van der Waals surface area contributed by atoms with Crippen LogP contribution in [0.5, 0.6) is 0 Å². The van der Waals surface area contributed by atoms with Gasteiger partial charge < -0.3 is 15.0 Å². The van der Waals surface area contributed by atoms with E-state index in [9.17, 15) is 0 Å². The minimum atomic E-state index is 0.0938. The molecule has 0 rings (SSSR count). The SMILES string of the molecule is OCCCO.O[SiH3]. The lowest BCUT2D eigenvalue weighted by molar-refractivity contribution is 0.221. The molecule has 0 amide bonds. The summed E-state index contributed by atoms with van der Waals surface area (Å²) >= 11 is 0. The van der Waals surface area contributed by atoms with Gasteiger partial charge in [0.25, 0.3) is 0 Å². The Morgan fingerprint density at radius 1 is 1.00 bits per heavy atom. The van der Waals surface area contributed by atoms with Crippen LogP contribution >= 0.6 is 0 Å². The Balaban J connectivity index is 0. The van der Waals surface area contributed by atoms with E-state index >= 15 is 0 Å². The van der Waals surface area contributed by atoms with E-state index in [-0.39, 0.29) is 13.2 Å². The third kappa shape index (κ3) is 23.3. The van der Waals surface area contributed by atoms with Gasteiger partial charge in [-0.15, -0.1) is 0 Å². The fraction of sp³-hybridized carbons (Fsp3) is 1.00. The molecule has 0 unspecified atom stereocenters. The average molecular weight is 124 g/mol. The molecule has 0 heterocycles. The minimum absolute atomic E-state index is 0.0938. The molecule has 0 aliphatic heterocycles. The van der Waals surface area contributed by atoms with E-state index in [0.29, 0.717) is 16.9 Å². The lowest BCUT2D eigenvalue weighted by Crippen LogP contribution is -1.85. The van der Waals surface area contributed by atoms with E-state index in [1.807, 2.05) is 0 Å². The van der Waals surface area contributed by atoms with Crippen molar-refractivity contribution >= 4 is 10.5 Å². The van der Waals surface area contributed by atoms with Crippen LogP contribution in [0.25, 0.3) is 0 Å². The molecule has 0 saturated heterocycles. The van der Waals surface area contributed by atoms with Gasteiger partial charge in [0, 0.05) is 13.2 Å². The Bertz CT molecular complexity index is 17.7. The van der Waals surface area contributed by atoms with Crippen LogP contribution in [0.2, 0.25) is 0 Å². The molecule has 3 nitrogen and oxygen atoms in total. The molecule has 0 aliphatic rings. The second kappa shape index (κ2) is 16.5. The summed E-state index contributed by atoms with van der Waals surface area (Å²) in [5.74, 6) is 0. The van der Waals surface area contributed by atoms with Crippen LogP contribution in [0, 0.1) is 0 Å². The Kier molecular flexibility index (Phi) is 24.0. The highest BCUT2D eigenvalue weighted by atomic mass is 28.2. The van der Waals surface area contributed by atoms with Crippen LogP contribution in [0.1, 0.15) is 6.42 Å². The number of hydrogen-bond donors (Lipinski definition) is 3. The van der Waals surface area contributed by atoms with Crippen molar-refractivity contribution in [2.24, 2.45) is 0 Å². The maximum Gasteiger partial charge on any atom is 0.141 e. The zero-order valence-corrected chi connectivity index (χ0v) is 6.46. The number of aliphatic hydroxyl groups is 2. The van der Waals surface area contributed by atoms with Gasteiger partial charge in [-0.05, 0) is 6.42 Å². The molecular formula is C3H12O3Si. The van der Waals surface area contributed by atoms with Gasteiger partial charge in [0.1, 0.15) is 10.5 Å². The summed E-state index contributed by atoms with van der Waals surface area (Å²) in [5, 5.41) is 15.8. The van der Waals surface area contributed by atoms with Crippen molar-refractivity contribution in [3.63, 3.8) is 0 Å². The zero-order chi connectivity index (χ0) is 6.12. The summed E-state index contributed by atoms with van der Waals surface area (Å²) in [4.78, 5) is 7.14. The predicted octanol–water partition coefficient (Wildman–Crippen LogP) is -2.38. The van der Waals surface area contributed by atoms with Gasteiger partial charge in [-0.25, -0.2) is 0 Å². The van der Waals surface area contributed by atoms with Gasteiger partial charge in [-0.3, -0.25) is 0 Å². The van der Waals surface area contributed by atoms with E-state index in [0.717, 1.165) is 0 Å². The molecule has 0 spiro atoms. The van der Waals surface area contributed by atoms with Gasteiger partial charge in [0.2, 0.25) is 0 Å². The van der Waals surface area contributed by atoms with E-state index in [2.05, 4.69) is 0 Å². The maximum atomic E-state index is 7.91. The van der Waals surface area contributed by atoms with Gasteiger partial charge >= 0.3 is 0 Å². The van der Waals surface area contributed by atoms with Gasteiger partial charge in [0.05, 0.1) is 0 Å². The molecule has 0 aliphatic carbocycles. The van der Waals surface area contributed by atoms with Crippen molar-refractivity contribution in [2.75, 3.05) is 13.2 Å². The molecule has 0 aromatic heterocycles. The highest BCUT2D eigenvalue weighted by molar-refractivity contribution is 5.95. The highest BCUT2D eigenvalue weighted by Crippen LogP contribution is 1.65. The predicted molar refractivity (Wildman–Crippen MR) is 30.9 cm³/mol. The molecular weight excluding hydrogens is 112 g/mol. The molecule has 0 atom stereocenters. The average Bonchev–Trinajstić information content (AvgIpc) is 1.75. The molecule has 0 fully saturated rings. The molecule has 0 aromatic carbocycles. The van der Waals surface area contributed by atoms with Crippen LogP contribution in [0.3, 0.4) is 0 Å². The lowest BCUT2D eigenvalue weighted by atomic mass is 10.5. The van der Waals surface area contributed by atoms with Crippen molar-refractivity contribution in [3.05, 3.63) is 0 Å². The van der Waals surface area contributed by atoms with Crippen LogP contribution in [0.4, 0.5) is 0 Å². The first-order chi connectivity index (χ1) is 3.41. The maximum absolute atomic E-state index is 7.91. The molecule has 0 aromatic rings. The first-order valence-electron chi connectivity index (χ1n) is 2.08. The highest BCUT2D eigenvalue weighted by Gasteiger charge is 1.70. The molecule has 4 heteroatoms. The summed E-state index contributed by atoms with van der Waals surface area (Å²) < 4.78 is 0. The Morgan fingerprint density at radius 2 is 1.29 bits per heavy atom. The van der Waals surface area contributed by atoms with Crippen molar-refractivity contribution in [1.29, 1.82) is 0 Å². The number of aliphatic hydroxyl groups excluding tert-OH is 2. The molecule has 3 N–H and O–H groups in total. The number of rotatable bonds is 2. The summed E-state index contributed by atoms with van der Waals surface area (Å²) in [6.45, 7) is 0.188. The first kappa shape index (κ1) is 10.2. The third-order valence-electron chi connectivity index (χ3n) is 0.316. The van der Waals surface area contributed by atoms with Gasteiger partial charge in [-0.2, -0.15) is 0 Å². The summed E-state index contributed by atoms with van der Waals surface area (Å²) in [6.07, 6.45) is 0.500. The topological polar surface area (TPSA) is 60.7 Å². The van der Waals surface area contributed by atoms with E-state index in [1.165, 1.54) is 0 Å². The molecule has 46 valence electrons. The zero-order valence-electron chi connectivity index (χ0n) is 4.46. The summed E-state index contributed by atoms with van der Waals surface area (Å²) in [5.41, 5.74) is 0. The standard InChI is InChI=1S/C3H8O2.H4OSi/c4-2-1-3-5;1-2/h4-5H,1-3H2;1H,2H3. The Morgan fingerprint density at radius 3 is 1.29 bits per heavy atom. The van der Waals surface area contributed by atoms with E-state index < -0.39 is 0 Å². The quantitative estimate of drug-likeness (QED) is 0.360. The molecule has 0 saturated carbocycles. The summed E-state index contributed by atoms with van der Waals surface area (Å²) in [6, 6.07) is 0. The van der Waals surface area contributed by atoms with Crippen molar-refractivity contribution < 1.29 is 15.0 Å². The smallest absolute Gasteiger partial charge is 0.141 e. The second-order valence-electron chi connectivity index (χ2n) is 0.801. The van der Waals surface area contributed by atoms with Crippen LogP contribution in [-0.2, 0) is 0 Å². The van der Waals surface area contributed by atoms with Crippen molar-refractivity contribution in [1.82, 2.24) is 0 Å². The minimum Gasteiger partial charge on any atom is -0.442 e. The van der Waals surface area contributed by atoms with Crippen LogP contribution < -0.4 is 0 Å². The fourth-order valence-corrected chi connectivity index (χ4v) is 0.0707. The third-order valence-corrected chi connectivity index (χ3v) is 0.316. The van der Waals surface area contributed by atoms with Gasteiger partial charge in [-0.1, -0.05) is 0 Å². The van der Waals surface area contributed by atoms with E-state index in [4.69, 9.17) is 15.0 Å². The second-order valence-corrected chi connectivity index (χ2v) is 0.801. The number of hydrogen-bond acceptors (Lipinski definition) is 3. The van der Waals surface area contributed by atoms with Crippen LogP contribution in [0.15, 0.2) is 0 Å². The van der Waals surface area contributed by atoms with Crippen molar-refractivity contribution in [3.8, 4) is 0 Å². The normalized spacial score (nSPS) is 7.29. The first-order valence-corrected chi connectivity index (χ1v) is 2.97. The molecule has 0 bridgehead atoms. The van der Waals surface area contributed by atoms with Crippen molar-refractivity contribution in [2.45, 2.75) is 6.42 Å². The molecule has 7 heavy (non-hydrogen) atoms. The lowest BCUT2D eigenvalue weighted by Gasteiger charge is -1.79. The van der Waals surface area contributed by atoms with Gasteiger partial charge in [0.15, 0.2) is 0 Å². The Labute approximate surface area is 46.2 Å². The Hall–Kier alpha value is 0.0969. The molecule has 0 radical (unpaired) electrons. The largest absolute Gasteiger partial charge is 0.442 e. The fourth-order valence-electron chi connectivity index (χ4n) is 0.0707. The summed E-state index contributed by atoms with van der Waals surface area (Å²) in [7, 11) is 0.306. The monoisotopic (exact) mass is 124 g/mol. The van der Waals surface area contributed by atoms with E-state index in [1.54, 1.807) is 0 Å². The van der Waals surface area contributed by atoms with Crippen LogP contribution in [-0.4, -0.2) is 38.7 Å².